The lowest BCUT2D eigenvalue weighted by Gasteiger charge is -2.18. The minimum absolute atomic E-state index is 0.173. The molecule has 7 nitrogen and oxygen atoms in total. The molecule has 2 aliphatic rings. The highest BCUT2D eigenvalue weighted by Crippen LogP contribution is 2.33. The van der Waals surface area contributed by atoms with Crippen LogP contribution in [-0.4, -0.2) is 58.2 Å². The van der Waals surface area contributed by atoms with Crippen LogP contribution in [0.3, 0.4) is 0 Å². The van der Waals surface area contributed by atoms with Gasteiger partial charge in [0.05, 0.1) is 12.0 Å². The molecule has 0 bridgehead atoms. The van der Waals surface area contributed by atoms with Crippen LogP contribution in [0.25, 0.3) is 11.8 Å². The first kappa shape index (κ1) is 19.3. The number of ether oxygens (including phenoxy) is 1. The zero-order valence-electron chi connectivity index (χ0n) is 16.0. The number of carbonyl (C=O) groups excluding carboxylic acids is 3. The average Bonchev–Trinajstić information content (AvgIpc) is 3.47. The van der Waals surface area contributed by atoms with E-state index in [-0.39, 0.29) is 12.5 Å². The van der Waals surface area contributed by atoms with E-state index in [9.17, 15) is 14.4 Å². The van der Waals surface area contributed by atoms with Crippen LogP contribution in [0.2, 0.25) is 0 Å². The number of carbonyl (C=O) groups is 3. The molecule has 0 aliphatic carbocycles. The predicted molar refractivity (Wildman–Crippen MR) is 111 cm³/mol. The number of imide groups is 1. The summed E-state index contributed by atoms with van der Waals surface area (Å²) in [4.78, 5) is 40.5. The van der Waals surface area contributed by atoms with Gasteiger partial charge in [-0.15, -0.1) is 0 Å². The number of nitrogens with zero attached hydrogens (tertiary/aromatic N) is 3. The fourth-order valence-electron chi connectivity index (χ4n) is 3.46. The summed E-state index contributed by atoms with van der Waals surface area (Å²) in [6, 6.07) is 11.3. The zero-order valence-corrected chi connectivity index (χ0v) is 16.9. The van der Waals surface area contributed by atoms with Gasteiger partial charge in [-0.1, -0.05) is 0 Å². The Labute approximate surface area is 172 Å². The van der Waals surface area contributed by atoms with Crippen molar-refractivity contribution in [2.45, 2.75) is 12.8 Å². The van der Waals surface area contributed by atoms with E-state index in [0.717, 1.165) is 46.6 Å². The van der Waals surface area contributed by atoms with Crippen molar-refractivity contribution in [3.63, 3.8) is 0 Å². The molecule has 2 aromatic rings. The van der Waals surface area contributed by atoms with Gasteiger partial charge in [0, 0.05) is 30.7 Å². The van der Waals surface area contributed by atoms with Gasteiger partial charge in [0.25, 0.3) is 11.1 Å². The Balaban J connectivity index is 1.53. The maximum Gasteiger partial charge on any atom is 0.294 e. The number of hydrogen-bond acceptors (Lipinski definition) is 5. The predicted octanol–water partition coefficient (Wildman–Crippen LogP) is 3.14. The third-order valence-electron chi connectivity index (χ3n) is 5.04. The van der Waals surface area contributed by atoms with Gasteiger partial charge < -0.3 is 14.2 Å². The molecule has 0 radical (unpaired) electrons. The van der Waals surface area contributed by atoms with Crippen LogP contribution in [0.1, 0.15) is 18.5 Å². The summed E-state index contributed by atoms with van der Waals surface area (Å²) in [5, 5.41) is -0.406. The summed E-state index contributed by atoms with van der Waals surface area (Å²) >= 11 is 0.869. The van der Waals surface area contributed by atoms with E-state index in [1.807, 2.05) is 47.2 Å². The summed E-state index contributed by atoms with van der Waals surface area (Å²) < 4.78 is 7.11. The van der Waals surface area contributed by atoms with Gasteiger partial charge in [0.1, 0.15) is 12.3 Å². The number of benzene rings is 1. The fraction of sp³-hybridized carbons (Fsp3) is 0.286. The number of amides is 3. The van der Waals surface area contributed by atoms with Gasteiger partial charge in [-0.2, -0.15) is 0 Å². The molecule has 0 unspecified atom stereocenters. The Morgan fingerprint density at radius 3 is 2.55 bits per heavy atom. The molecule has 0 spiro atoms. The summed E-state index contributed by atoms with van der Waals surface area (Å²) in [7, 11) is 1.61. The third kappa shape index (κ3) is 3.93. The first-order valence-corrected chi connectivity index (χ1v) is 10.2. The van der Waals surface area contributed by atoms with Gasteiger partial charge in [0.2, 0.25) is 5.91 Å². The molecule has 3 amide bonds. The van der Waals surface area contributed by atoms with E-state index in [2.05, 4.69) is 0 Å². The van der Waals surface area contributed by atoms with Crippen LogP contribution in [0.4, 0.5) is 4.79 Å². The zero-order chi connectivity index (χ0) is 20.4. The van der Waals surface area contributed by atoms with E-state index in [1.54, 1.807) is 18.1 Å². The standard InChI is InChI=1S/C21H21N3O4S/c1-28-17-8-6-15(7-9-17)23-12-4-5-16(23)13-18-20(26)24(21(27)29-18)14-19(25)22-10-2-3-11-22/h4-9,12-13H,2-3,10-11,14H2,1H3. The molecule has 1 aromatic carbocycles. The number of likely N-dealkylation sites (tertiary alicyclic amines) is 1. The van der Waals surface area contributed by atoms with Crippen LogP contribution >= 0.6 is 11.8 Å². The molecule has 0 N–H and O–H groups in total. The normalized spacial score (nSPS) is 18.2. The van der Waals surface area contributed by atoms with Crippen molar-refractivity contribution in [1.29, 1.82) is 0 Å². The third-order valence-corrected chi connectivity index (χ3v) is 5.94. The van der Waals surface area contributed by atoms with E-state index in [1.165, 1.54) is 0 Å². The largest absolute Gasteiger partial charge is 0.497 e. The lowest BCUT2D eigenvalue weighted by molar-refractivity contribution is -0.135. The topological polar surface area (TPSA) is 71.8 Å². The minimum atomic E-state index is -0.421. The maximum absolute atomic E-state index is 12.7. The second-order valence-corrected chi connectivity index (χ2v) is 7.85. The molecular formula is C21H21N3O4S. The molecule has 150 valence electrons. The number of hydrogen-bond donors (Lipinski definition) is 0. The molecular weight excluding hydrogens is 390 g/mol. The minimum Gasteiger partial charge on any atom is -0.497 e. The van der Waals surface area contributed by atoms with Crippen molar-refractivity contribution in [1.82, 2.24) is 14.4 Å². The molecule has 2 aliphatic heterocycles. The van der Waals surface area contributed by atoms with Gasteiger partial charge in [-0.3, -0.25) is 19.3 Å². The Bertz CT molecular complexity index is 974. The van der Waals surface area contributed by atoms with Crippen LogP contribution in [0.15, 0.2) is 47.5 Å². The number of thioether (sulfide) groups is 1. The van der Waals surface area contributed by atoms with Gasteiger partial charge >= 0.3 is 0 Å². The average molecular weight is 411 g/mol. The highest BCUT2D eigenvalue weighted by molar-refractivity contribution is 8.18. The lowest BCUT2D eigenvalue weighted by atomic mass is 10.3. The molecule has 29 heavy (non-hydrogen) atoms. The molecule has 1 aromatic heterocycles. The molecule has 0 saturated carbocycles. The van der Waals surface area contributed by atoms with Crippen molar-refractivity contribution >= 4 is 34.9 Å². The van der Waals surface area contributed by atoms with Crippen molar-refractivity contribution in [2.75, 3.05) is 26.7 Å². The first-order chi connectivity index (χ1) is 14.1. The van der Waals surface area contributed by atoms with Crippen LogP contribution in [-0.2, 0) is 9.59 Å². The van der Waals surface area contributed by atoms with E-state index in [4.69, 9.17) is 4.74 Å². The SMILES string of the molecule is COc1ccc(-n2cccc2C=C2SC(=O)N(CC(=O)N3CCCC3)C2=O)cc1. The van der Waals surface area contributed by atoms with E-state index >= 15 is 0 Å². The highest BCUT2D eigenvalue weighted by atomic mass is 32.2. The van der Waals surface area contributed by atoms with E-state index in [0.29, 0.717) is 18.0 Å². The summed E-state index contributed by atoms with van der Waals surface area (Å²) in [6.07, 6.45) is 5.51. The van der Waals surface area contributed by atoms with Crippen molar-refractivity contribution < 1.29 is 19.1 Å². The Hall–Kier alpha value is -3.00. The molecule has 3 heterocycles. The lowest BCUT2D eigenvalue weighted by Crippen LogP contribution is -2.40. The van der Waals surface area contributed by atoms with Gasteiger partial charge in [-0.05, 0) is 67.1 Å². The fourth-order valence-corrected chi connectivity index (χ4v) is 4.29. The van der Waals surface area contributed by atoms with Crippen molar-refractivity contribution in [3.8, 4) is 11.4 Å². The Morgan fingerprint density at radius 1 is 1.14 bits per heavy atom. The number of rotatable bonds is 5. The molecule has 4 rings (SSSR count). The quantitative estimate of drug-likeness (QED) is 0.707. The summed E-state index contributed by atoms with van der Waals surface area (Å²) in [5.41, 5.74) is 1.68. The van der Waals surface area contributed by atoms with Gasteiger partial charge in [-0.25, -0.2) is 0 Å². The number of methoxy groups -OCH3 is 1. The number of aromatic nitrogens is 1. The monoisotopic (exact) mass is 411 g/mol. The summed E-state index contributed by atoms with van der Waals surface area (Å²) in [6.45, 7) is 1.20. The van der Waals surface area contributed by atoms with Crippen molar-refractivity contribution in [2.24, 2.45) is 0 Å². The van der Waals surface area contributed by atoms with Crippen LogP contribution < -0.4 is 4.74 Å². The Morgan fingerprint density at radius 2 is 1.86 bits per heavy atom. The van der Waals surface area contributed by atoms with Crippen LogP contribution in [0.5, 0.6) is 5.75 Å². The molecule has 0 atom stereocenters. The molecule has 2 saturated heterocycles. The smallest absolute Gasteiger partial charge is 0.294 e. The second kappa shape index (κ2) is 8.16. The molecule has 8 heteroatoms. The molecule has 2 fully saturated rings. The maximum atomic E-state index is 12.7. The van der Waals surface area contributed by atoms with Gasteiger partial charge in [0.15, 0.2) is 0 Å². The Kier molecular flexibility index (Phi) is 5.44. The van der Waals surface area contributed by atoms with Crippen molar-refractivity contribution in [3.05, 3.63) is 53.2 Å². The first-order valence-electron chi connectivity index (χ1n) is 9.42. The highest BCUT2D eigenvalue weighted by Gasteiger charge is 2.37. The van der Waals surface area contributed by atoms with E-state index < -0.39 is 11.1 Å². The summed E-state index contributed by atoms with van der Waals surface area (Å²) in [5.74, 6) is 0.161. The second-order valence-electron chi connectivity index (χ2n) is 6.86. The van der Waals surface area contributed by atoms with Crippen LogP contribution in [0, 0.1) is 0 Å².